The topological polar surface area (TPSA) is 26.3 Å². The SMILES string of the molecule is COC(=O)[C@]1(CCC2=C(C)CC=CC2)CC=CCC1. The van der Waals surface area contributed by atoms with Gasteiger partial charge in [-0.15, -0.1) is 0 Å². The highest BCUT2D eigenvalue weighted by Gasteiger charge is 2.38. The lowest BCUT2D eigenvalue weighted by Gasteiger charge is -2.32. The number of hydrogen-bond donors (Lipinski definition) is 0. The molecule has 0 aromatic rings. The minimum atomic E-state index is -0.280. The third-order valence-electron chi connectivity index (χ3n) is 4.55. The highest BCUT2D eigenvalue weighted by atomic mass is 16.5. The minimum absolute atomic E-state index is 0.0264. The molecule has 19 heavy (non-hydrogen) atoms. The maximum absolute atomic E-state index is 12.2. The molecule has 0 amide bonds. The molecule has 0 fully saturated rings. The number of carbonyl (C=O) groups is 1. The largest absolute Gasteiger partial charge is 0.469 e. The van der Waals surface area contributed by atoms with Crippen molar-refractivity contribution in [2.24, 2.45) is 5.41 Å². The summed E-state index contributed by atoms with van der Waals surface area (Å²) in [6.07, 6.45) is 15.6. The van der Waals surface area contributed by atoms with Crippen molar-refractivity contribution in [2.45, 2.75) is 51.9 Å². The summed E-state index contributed by atoms with van der Waals surface area (Å²) in [6, 6.07) is 0. The van der Waals surface area contributed by atoms with E-state index in [1.807, 2.05) is 0 Å². The summed E-state index contributed by atoms with van der Waals surface area (Å²) in [5.74, 6) is -0.0264. The first kappa shape index (κ1) is 14.1. The Labute approximate surface area is 116 Å². The first-order valence-electron chi connectivity index (χ1n) is 7.24. The van der Waals surface area contributed by atoms with Crippen LogP contribution in [0.5, 0.6) is 0 Å². The summed E-state index contributed by atoms with van der Waals surface area (Å²) in [4.78, 5) is 12.2. The van der Waals surface area contributed by atoms with Gasteiger partial charge in [0.05, 0.1) is 12.5 Å². The zero-order valence-corrected chi connectivity index (χ0v) is 12.1. The van der Waals surface area contributed by atoms with E-state index in [0.717, 1.165) is 44.9 Å². The van der Waals surface area contributed by atoms with Crippen LogP contribution in [0, 0.1) is 5.41 Å². The normalized spacial score (nSPS) is 26.6. The third kappa shape index (κ3) is 3.17. The van der Waals surface area contributed by atoms with Crippen LogP contribution in [-0.2, 0) is 9.53 Å². The molecule has 0 N–H and O–H groups in total. The van der Waals surface area contributed by atoms with Crippen LogP contribution >= 0.6 is 0 Å². The minimum Gasteiger partial charge on any atom is -0.469 e. The van der Waals surface area contributed by atoms with Gasteiger partial charge >= 0.3 is 5.97 Å². The lowest BCUT2D eigenvalue weighted by Crippen LogP contribution is -2.33. The fourth-order valence-electron chi connectivity index (χ4n) is 3.13. The van der Waals surface area contributed by atoms with Gasteiger partial charge in [-0.25, -0.2) is 0 Å². The van der Waals surface area contributed by atoms with Crippen LogP contribution in [0.2, 0.25) is 0 Å². The summed E-state index contributed by atoms with van der Waals surface area (Å²) in [7, 11) is 1.51. The molecule has 104 valence electrons. The quantitative estimate of drug-likeness (QED) is 0.555. The van der Waals surface area contributed by atoms with Crippen molar-refractivity contribution in [3.63, 3.8) is 0 Å². The average Bonchev–Trinajstić information content (AvgIpc) is 2.46. The average molecular weight is 260 g/mol. The monoisotopic (exact) mass is 260 g/mol. The molecule has 0 saturated carbocycles. The van der Waals surface area contributed by atoms with Crippen molar-refractivity contribution in [1.82, 2.24) is 0 Å². The number of methoxy groups -OCH3 is 1. The first-order chi connectivity index (χ1) is 9.18. The van der Waals surface area contributed by atoms with Crippen molar-refractivity contribution in [3.05, 3.63) is 35.5 Å². The molecule has 2 nitrogen and oxygen atoms in total. The Balaban J connectivity index is 2.05. The van der Waals surface area contributed by atoms with Crippen LogP contribution in [-0.4, -0.2) is 13.1 Å². The number of esters is 1. The number of allylic oxidation sites excluding steroid dienone is 6. The van der Waals surface area contributed by atoms with E-state index in [-0.39, 0.29) is 11.4 Å². The molecule has 0 aliphatic heterocycles. The highest BCUT2D eigenvalue weighted by molar-refractivity contribution is 5.77. The number of carbonyl (C=O) groups excluding carboxylic acids is 1. The molecule has 1 atom stereocenters. The maximum Gasteiger partial charge on any atom is 0.312 e. The number of rotatable bonds is 4. The van der Waals surface area contributed by atoms with E-state index in [4.69, 9.17) is 4.74 Å². The van der Waals surface area contributed by atoms with Crippen molar-refractivity contribution in [3.8, 4) is 0 Å². The molecule has 0 unspecified atom stereocenters. The van der Waals surface area contributed by atoms with Gasteiger partial charge in [0.15, 0.2) is 0 Å². The molecule has 0 radical (unpaired) electrons. The third-order valence-corrected chi connectivity index (χ3v) is 4.55. The Hall–Kier alpha value is -1.31. The summed E-state index contributed by atoms with van der Waals surface area (Å²) in [5.41, 5.74) is 2.71. The molecule has 0 heterocycles. The predicted molar refractivity (Wildman–Crippen MR) is 77.7 cm³/mol. The molecular weight excluding hydrogens is 236 g/mol. The molecule has 2 aliphatic carbocycles. The number of hydrogen-bond acceptors (Lipinski definition) is 2. The fraction of sp³-hybridized carbons (Fsp3) is 0.588. The summed E-state index contributed by atoms with van der Waals surface area (Å²) in [5, 5.41) is 0. The first-order valence-corrected chi connectivity index (χ1v) is 7.24. The smallest absolute Gasteiger partial charge is 0.312 e. The van der Waals surface area contributed by atoms with Gasteiger partial charge in [0, 0.05) is 0 Å². The highest BCUT2D eigenvalue weighted by Crippen LogP contribution is 2.40. The Morgan fingerprint density at radius 1 is 1.26 bits per heavy atom. The zero-order chi connectivity index (χ0) is 13.7. The van der Waals surface area contributed by atoms with Gasteiger partial charge in [-0.1, -0.05) is 35.5 Å². The Bertz CT molecular complexity index is 429. The molecule has 0 aromatic carbocycles. The van der Waals surface area contributed by atoms with Gasteiger partial charge in [-0.3, -0.25) is 4.79 Å². The van der Waals surface area contributed by atoms with Crippen molar-refractivity contribution < 1.29 is 9.53 Å². The molecule has 2 heteroatoms. The molecule has 0 bridgehead atoms. The van der Waals surface area contributed by atoms with Gasteiger partial charge in [-0.2, -0.15) is 0 Å². The van der Waals surface area contributed by atoms with Crippen molar-refractivity contribution >= 4 is 5.97 Å². The molecule has 0 saturated heterocycles. The summed E-state index contributed by atoms with van der Waals surface area (Å²) in [6.45, 7) is 2.21. The molecule has 0 spiro atoms. The number of ether oxygens (including phenoxy) is 1. The van der Waals surface area contributed by atoms with Crippen molar-refractivity contribution in [1.29, 1.82) is 0 Å². The van der Waals surface area contributed by atoms with Crippen molar-refractivity contribution in [2.75, 3.05) is 7.11 Å². The van der Waals surface area contributed by atoms with Crippen LogP contribution in [0.15, 0.2) is 35.5 Å². The van der Waals surface area contributed by atoms with Crippen LogP contribution in [0.4, 0.5) is 0 Å². The molecule has 2 rings (SSSR count). The van der Waals surface area contributed by atoms with Gasteiger partial charge in [0.2, 0.25) is 0 Å². The van der Waals surface area contributed by atoms with Crippen LogP contribution < -0.4 is 0 Å². The standard InChI is InChI=1S/C17H24O2/c1-14-8-4-5-9-15(14)10-13-17(16(18)19-2)11-6-3-7-12-17/h3-6H,7-13H2,1-2H3/t17-/m1/s1. The van der Waals surface area contributed by atoms with E-state index < -0.39 is 0 Å². The second kappa shape index (κ2) is 6.23. The predicted octanol–water partition coefficient (Wildman–Crippen LogP) is 4.33. The van der Waals surface area contributed by atoms with Gasteiger partial charge in [0.1, 0.15) is 0 Å². The Morgan fingerprint density at radius 3 is 2.68 bits per heavy atom. The van der Waals surface area contributed by atoms with Gasteiger partial charge < -0.3 is 4.74 Å². The Morgan fingerprint density at radius 2 is 2.05 bits per heavy atom. The van der Waals surface area contributed by atoms with E-state index >= 15 is 0 Å². The van der Waals surface area contributed by atoms with E-state index in [0.29, 0.717) is 0 Å². The summed E-state index contributed by atoms with van der Waals surface area (Å²) < 4.78 is 5.06. The van der Waals surface area contributed by atoms with E-state index in [1.165, 1.54) is 18.3 Å². The summed E-state index contributed by atoms with van der Waals surface area (Å²) >= 11 is 0. The van der Waals surface area contributed by atoms with Crippen LogP contribution in [0.1, 0.15) is 51.9 Å². The molecule has 2 aliphatic rings. The molecule has 0 aromatic heterocycles. The fourth-order valence-corrected chi connectivity index (χ4v) is 3.13. The lowest BCUT2D eigenvalue weighted by atomic mass is 9.72. The maximum atomic E-state index is 12.2. The van der Waals surface area contributed by atoms with E-state index in [2.05, 4.69) is 31.2 Å². The van der Waals surface area contributed by atoms with Gasteiger partial charge in [-0.05, 0) is 51.9 Å². The van der Waals surface area contributed by atoms with Gasteiger partial charge in [0.25, 0.3) is 0 Å². The van der Waals surface area contributed by atoms with E-state index in [1.54, 1.807) is 0 Å². The van der Waals surface area contributed by atoms with E-state index in [9.17, 15) is 4.79 Å². The second-order valence-corrected chi connectivity index (χ2v) is 5.75. The Kier molecular flexibility index (Phi) is 4.62. The lowest BCUT2D eigenvalue weighted by molar-refractivity contribution is -0.153. The van der Waals surface area contributed by atoms with Crippen LogP contribution in [0.25, 0.3) is 0 Å². The zero-order valence-electron chi connectivity index (χ0n) is 12.1. The molecular formula is C17H24O2. The second-order valence-electron chi connectivity index (χ2n) is 5.75. The van der Waals surface area contributed by atoms with Crippen LogP contribution in [0.3, 0.4) is 0 Å².